The lowest BCUT2D eigenvalue weighted by Gasteiger charge is -2.17. The predicted octanol–water partition coefficient (Wildman–Crippen LogP) is 4.25. The Morgan fingerprint density at radius 3 is 1.97 bits per heavy atom. The summed E-state index contributed by atoms with van der Waals surface area (Å²) in [6.45, 7) is 0.0667. The van der Waals surface area contributed by atoms with E-state index in [1.807, 2.05) is 60.7 Å². The summed E-state index contributed by atoms with van der Waals surface area (Å²) < 4.78 is 18.1. The summed E-state index contributed by atoms with van der Waals surface area (Å²) in [5.74, 6) is -1.22. The summed E-state index contributed by atoms with van der Waals surface area (Å²) in [5.41, 5.74) is 2.95. The Morgan fingerprint density at radius 1 is 0.833 bits per heavy atom. The van der Waals surface area contributed by atoms with Crippen molar-refractivity contribution in [3.05, 3.63) is 107 Å². The number of carbonyl (C=O) groups excluding carboxylic acids is 2. The van der Waals surface area contributed by atoms with Gasteiger partial charge in [0.25, 0.3) is 5.91 Å². The minimum atomic E-state index is -0.429. The number of hydrogen-bond acceptors (Lipinski definition) is 3. The maximum absolute atomic E-state index is 12.9. The highest BCUT2D eigenvalue weighted by Gasteiger charge is 2.19. The molecular formula is C25H24FNO3. The van der Waals surface area contributed by atoms with Crippen LogP contribution in [-0.2, 0) is 20.7 Å². The normalized spacial score (nSPS) is 10.6. The zero-order valence-electron chi connectivity index (χ0n) is 16.6. The van der Waals surface area contributed by atoms with E-state index in [0.29, 0.717) is 13.0 Å². The van der Waals surface area contributed by atoms with E-state index in [4.69, 9.17) is 4.74 Å². The summed E-state index contributed by atoms with van der Waals surface area (Å²) in [6.07, 6.45) is 0.723. The fourth-order valence-corrected chi connectivity index (χ4v) is 3.22. The number of benzene rings is 3. The highest BCUT2D eigenvalue weighted by atomic mass is 19.1. The third-order valence-electron chi connectivity index (χ3n) is 4.79. The summed E-state index contributed by atoms with van der Waals surface area (Å²) in [6, 6.07) is 25.6. The number of ether oxygens (including phenoxy) is 1. The Bertz CT molecular complexity index is 904. The highest BCUT2D eigenvalue weighted by molar-refractivity contribution is 5.80. The first-order valence-corrected chi connectivity index (χ1v) is 9.88. The van der Waals surface area contributed by atoms with Crippen LogP contribution < -0.4 is 5.32 Å². The van der Waals surface area contributed by atoms with Gasteiger partial charge in [-0.1, -0.05) is 72.8 Å². The Kier molecular flexibility index (Phi) is 7.72. The highest BCUT2D eigenvalue weighted by Crippen LogP contribution is 2.28. The molecular weight excluding hydrogens is 381 g/mol. The molecule has 1 N–H and O–H groups in total. The Labute approximate surface area is 175 Å². The number of nitrogens with one attached hydrogen (secondary N) is 1. The van der Waals surface area contributed by atoms with Crippen molar-refractivity contribution in [3.63, 3.8) is 0 Å². The first kappa shape index (κ1) is 21.2. The number of esters is 1. The second-order valence-electron chi connectivity index (χ2n) is 6.97. The summed E-state index contributed by atoms with van der Waals surface area (Å²) in [7, 11) is 0. The van der Waals surface area contributed by atoms with Gasteiger partial charge in [-0.25, -0.2) is 4.39 Å². The van der Waals surface area contributed by atoms with Crippen molar-refractivity contribution in [1.29, 1.82) is 0 Å². The van der Waals surface area contributed by atoms with Crippen LogP contribution in [0.3, 0.4) is 0 Å². The van der Waals surface area contributed by atoms with Crippen molar-refractivity contribution in [2.24, 2.45) is 0 Å². The molecule has 1 amide bonds. The number of amides is 1. The van der Waals surface area contributed by atoms with E-state index in [2.05, 4.69) is 5.32 Å². The Balaban J connectivity index is 1.48. The van der Waals surface area contributed by atoms with Crippen LogP contribution >= 0.6 is 0 Å². The molecule has 5 heteroatoms. The maximum Gasteiger partial charge on any atom is 0.307 e. The van der Waals surface area contributed by atoms with Gasteiger partial charge in [0, 0.05) is 12.5 Å². The number of halogens is 1. The SMILES string of the molecule is O=C(COC(=O)CC(c1ccccc1)c1ccccc1)NCCc1ccc(F)cc1. The third kappa shape index (κ3) is 6.55. The van der Waals surface area contributed by atoms with Gasteiger partial charge >= 0.3 is 5.97 Å². The van der Waals surface area contributed by atoms with E-state index in [1.165, 1.54) is 12.1 Å². The van der Waals surface area contributed by atoms with Crippen molar-refractivity contribution < 1.29 is 18.7 Å². The van der Waals surface area contributed by atoms with Gasteiger partial charge in [-0.3, -0.25) is 9.59 Å². The lowest BCUT2D eigenvalue weighted by Crippen LogP contribution is -2.30. The molecule has 0 spiro atoms. The van der Waals surface area contributed by atoms with Crippen LogP contribution in [-0.4, -0.2) is 25.0 Å². The van der Waals surface area contributed by atoms with Crippen molar-refractivity contribution in [3.8, 4) is 0 Å². The molecule has 0 fully saturated rings. The molecule has 3 aromatic carbocycles. The monoisotopic (exact) mass is 405 g/mol. The van der Waals surface area contributed by atoms with Crippen molar-refractivity contribution in [2.75, 3.05) is 13.2 Å². The molecule has 0 aliphatic heterocycles. The van der Waals surface area contributed by atoms with E-state index in [0.717, 1.165) is 16.7 Å². The fourth-order valence-electron chi connectivity index (χ4n) is 3.22. The number of rotatable bonds is 9. The van der Waals surface area contributed by atoms with Gasteiger partial charge in [0.15, 0.2) is 6.61 Å². The summed E-state index contributed by atoms with van der Waals surface area (Å²) in [5, 5.41) is 2.71. The minimum Gasteiger partial charge on any atom is -0.456 e. The molecule has 0 aliphatic rings. The van der Waals surface area contributed by atoms with Crippen LogP contribution in [0.2, 0.25) is 0 Å². The van der Waals surface area contributed by atoms with E-state index in [1.54, 1.807) is 12.1 Å². The second kappa shape index (κ2) is 10.9. The number of hydrogen-bond donors (Lipinski definition) is 1. The standard InChI is InChI=1S/C25H24FNO3/c26-22-13-11-19(12-14-22)15-16-27-24(28)18-30-25(29)17-23(20-7-3-1-4-8-20)21-9-5-2-6-10-21/h1-14,23H,15-18H2,(H,27,28). The van der Waals surface area contributed by atoms with E-state index in [-0.39, 0.29) is 30.7 Å². The average molecular weight is 405 g/mol. The molecule has 0 saturated heterocycles. The van der Waals surface area contributed by atoms with Gasteiger partial charge < -0.3 is 10.1 Å². The zero-order chi connectivity index (χ0) is 21.2. The quantitative estimate of drug-likeness (QED) is 0.542. The predicted molar refractivity (Wildman–Crippen MR) is 113 cm³/mol. The van der Waals surface area contributed by atoms with Crippen LogP contribution in [0.5, 0.6) is 0 Å². The third-order valence-corrected chi connectivity index (χ3v) is 4.79. The smallest absolute Gasteiger partial charge is 0.307 e. The molecule has 0 saturated carbocycles. The molecule has 4 nitrogen and oxygen atoms in total. The van der Waals surface area contributed by atoms with E-state index >= 15 is 0 Å². The van der Waals surface area contributed by atoms with Crippen LogP contribution in [0.15, 0.2) is 84.9 Å². The molecule has 3 rings (SSSR count). The minimum absolute atomic E-state index is 0.138. The molecule has 0 heterocycles. The van der Waals surface area contributed by atoms with Gasteiger partial charge in [-0.15, -0.1) is 0 Å². The second-order valence-corrected chi connectivity index (χ2v) is 6.97. The molecule has 0 unspecified atom stereocenters. The average Bonchev–Trinajstić information content (AvgIpc) is 2.78. The van der Waals surface area contributed by atoms with Gasteiger partial charge in [0.1, 0.15) is 5.82 Å². The Morgan fingerprint density at radius 2 is 1.40 bits per heavy atom. The summed E-state index contributed by atoms with van der Waals surface area (Å²) in [4.78, 5) is 24.4. The molecule has 154 valence electrons. The molecule has 0 bridgehead atoms. The molecule has 3 aromatic rings. The number of carbonyl (C=O) groups is 2. The maximum atomic E-state index is 12.9. The molecule has 30 heavy (non-hydrogen) atoms. The van der Waals surface area contributed by atoms with E-state index in [9.17, 15) is 14.0 Å². The van der Waals surface area contributed by atoms with Gasteiger partial charge in [0.05, 0.1) is 6.42 Å². The van der Waals surface area contributed by atoms with Crippen LogP contribution in [0, 0.1) is 5.82 Å². The van der Waals surface area contributed by atoms with Gasteiger partial charge in [-0.2, -0.15) is 0 Å². The van der Waals surface area contributed by atoms with Gasteiger partial charge in [-0.05, 0) is 35.2 Å². The Hall–Kier alpha value is -3.47. The van der Waals surface area contributed by atoms with Crippen LogP contribution in [0.4, 0.5) is 4.39 Å². The fraction of sp³-hybridized carbons (Fsp3) is 0.200. The zero-order valence-corrected chi connectivity index (χ0v) is 16.6. The first-order chi connectivity index (χ1) is 14.6. The topological polar surface area (TPSA) is 55.4 Å². The van der Waals surface area contributed by atoms with E-state index < -0.39 is 5.97 Å². The molecule has 0 aromatic heterocycles. The first-order valence-electron chi connectivity index (χ1n) is 9.88. The summed E-state index contributed by atoms with van der Waals surface area (Å²) >= 11 is 0. The van der Waals surface area contributed by atoms with Crippen molar-refractivity contribution >= 4 is 11.9 Å². The lowest BCUT2D eigenvalue weighted by atomic mass is 9.89. The van der Waals surface area contributed by atoms with Gasteiger partial charge in [0.2, 0.25) is 0 Å². The largest absolute Gasteiger partial charge is 0.456 e. The van der Waals surface area contributed by atoms with Crippen LogP contribution in [0.25, 0.3) is 0 Å². The van der Waals surface area contributed by atoms with Crippen molar-refractivity contribution in [1.82, 2.24) is 5.32 Å². The lowest BCUT2D eigenvalue weighted by molar-refractivity contribution is -0.148. The molecule has 0 aliphatic carbocycles. The molecule has 0 radical (unpaired) electrons. The molecule has 0 atom stereocenters. The van der Waals surface area contributed by atoms with Crippen molar-refractivity contribution in [2.45, 2.75) is 18.8 Å². The van der Waals surface area contributed by atoms with Crippen LogP contribution in [0.1, 0.15) is 29.0 Å².